The zero-order valence-corrected chi connectivity index (χ0v) is 11.7. The number of nitrogens with zero attached hydrogens (tertiary/aromatic N) is 3. The molecule has 0 atom stereocenters. The summed E-state index contributed by atoms with van der Waals surface area (Å²) in [4.78, 5) is 21.8. The van der Waals surface area contributed by atoms with Gasteiger partial charge < -0.3 is 10.2 Å². The second-order valence-electron chi connectivity index (χ2n) is 4.70. The zero-order chi connectivity index (χ0) is 13.5. The van der Waals surface area contributed by atoms with E-state index in [1.165, 1.54) is 12.6 Å². The molecule has 0 bridgehead atoms. The fourth-order valence-electron chi connectivity index (χ4n) is 2.19. The maximum Gasteiger partial charge on any atom is 0.222 e. The molecule has 1 N–H and O–H groups in total. The molecular formula is C13H19ClN4O. The van der Waals surface area contributed by atoms with Crippen molar-refractivity contribution in [1.82, 2.24) is 14.9 Å². The van der Waals surface area contributed by atoms with Crippen LogP contribution in [0.3, 0.4) is 0 Å². The normalized spacial score (nSPS) is 16.3. The van der Waals surface area contributed by atoms with Crippen molar-refractivity contribution in [2.45, 2.75) is 32.1 Å². The van der Waals surface area contributed by atoms with Crippen LogP contribution in [-0.4, -0.2) is 40.4 Å². The van der Waals surface area contributed by atoms with Gasteiger partial charge in [-0.15, -0.1) is 0 Å². The third-order valence-corrected chi connectivity index (χ3v) is 3.37. The fourth-order valence-corrected chi connectivity index (χ4v) is 2.34. The maximum absolute atomic E-state index is 11.8. The first-order chi connectivity index (χ1) is 9.25. The molecule has 1 saturated heterocycles. The lowest BCUT2D eigenvalue weighted by Crippen LogP contribution is -2.32. The van der Waals surface area contributed by atoms with Crippen molar-refractivity contribution in [3.05, 3.63) is 17.5 Å². The first-order valence-electron chi connectivity index (χ1n) is 6.75. The molecule has 0 aromatic carbocycles. The van der Waals surface area contributed by atoms with Crippen molar-refractivity contribution in [3.63, 3.8) is 0 Å². The van der Waals surface area contributed by atoms with Crippen LogP contribution in [-0.2, 0) is 4.79 Å². The molecule has 1 amide bonds. The van der Waals surface area contributed by atoms with Crippen LogP contribution in [0.15, 0.2) is 12.4 Å². The average Bonchev–Trinajstić information content (AvgIpc) is 2.60. The molecule has 6 heteroatoms. The molecule has 1 aliphatic heterocycles. The molecule has 5 nitrogen and oxygen atoms in total. The summed E-state index contributed by atoms with van der Waals surface area (Å²) < 4.78 is 0. The molecular weight excluding hydrogens is 264 g/mol. The number of carbonyl (C=O) groups is 1. The number of anilines is 1. The highest BCUT2D eigenvalue weighted by molar-refractivity contribution is 6.29. The number of carbonyl (C=O) groups excluding carboxylic acids is 1. The van der Waals surface area contributed by atoms with E-state index in [9.17, 15) is 4.79 Å². The molecule has 0 spiro atoms. The van der Waals surface area contributed by atoms with Crippen LogP contribution in [0, 0.1) is 0 Å². The first kappa shape index (κ1) is 14.1. The molecule has 0 unspecified atom stereocenters. The van der Waals surface area contributed by atoms with Crippen molar-refractivity contribution in [2.75, 3.05) is 25.0 Å². The van der Waals surface area contributed by atoms with Gasteiger partial charge in [0.25, 0.3) is 0 Å². The van der Waals surface area contributed by atoms with E-state index in [1.807, 2.05) is 4.90 Å². The van der Waals surface area contributed by atoms with Gasteiger partial charge in [-0.3, -0.25) is 9.78 Å². The third-order valence-electron chi connectivity index (χ3n) is 3.19. The van der Waals surface area contributed by atoms with E-state index in [1.54, 1.807) is 6.20 Å². The topological polar surface area (TPSA) is 58.1 Å². The second kappa shape index (κ2) is 7.28. The lowest BCUT2D eigenvalue weighted by Gasteiger charge is -2.20. The quantitative estimate of drug-likeness (QED) is 0.842. The summed E-state index contributed by atoms with van der Waals surface area (Å²) in [7, 11) is 0. The molecule has 1 fully saturated rings. The van der Waals surface area contributed by atoms with Crippen LogP contribution in [0.1, 0.15) is 32.1 Å². The lowest BCUT2D eigenvalue weighted by molar-refractivity contribution is -0.130. The van der Waals surface area contributed by atoms with E-state index in [0.29, 0.717) is 23.3 Å². The number of amides is 1. The molecule has 0 aliphatic carbocycles. The predicted molar refractivity (Wildman–Crippen MR) is 75.2 cm³/mol. The number of halogens is 1. The van der Waals surface area contributed by atoms with Gasteiger partial charge in [0, 0.05) is 26.1 Å². The van der Waals surface area contributed by atoms with Gasteiger partial charge in [-0.25, -0.2) is 4.98 Å². The Bertz CT molecular complexity index is 427. The van der Waals surface area contributed by atoms with Gasteiger partial charge in [-0.05, 0) is 19.3 Å². The monoisotopic (exact) mass is 282 g/mol. The van der Waals surface area contributed by atoms with E-state index in [2.05, 4.69) is 15.3 Å². The Morgan fingerprint density at radius 1 is 1.32 bits per heavy atom. The van der Waals surface area contributed by atoms with E-state index in [0.717, 1.165) is 38.9 Å². The highest BCUT2D eigenvalue weighted by Gasteiger charge is 2.15. The van der Waals surface area contributed by atoms with Crippen LogP contribution >= 0.6 is 11.6 Å². The van der Waals surface area contributed by atoms with Crippen molar-refractivity contribution in [3.8, 4) is 0 Å². The fraction of sp³-hybridized carbons (Fsp3) is 0.615. The molecule has 1 aromatic heterocycles. The minimum atomic E-state index is 0.292. The summed E-state index contributed by atoms with van der Waals surface area (Å²) in [5.41, 5.74) is 0. The minimum Gasteiger partial charge on any atom is -0.369 e. The standard InChI is InChI=1S/C13H19ClN4O/c14-11-9-15-10-12(17-11)16-6-4-8-18-7-3-1-2-5-13(18)19/h9-10H,1-8H2,(H,16,17). The average molecular weight is 283 g/mol. The highest BCUT2D eigenvalue weighted by atomic mass is 35.5. The molecule has 19 heavy (non-hydrogen) atoms. The Hall–Kier alpha value is -1.36. The largest absolute Gasteiger partial charge is 0.369 e. The van der Waals surface area contributed by atoms with Crippen molar-refractivity contribution in [2.24, 2.45) is 0 Å². The Kier molecular flexibility index (Phi) is 5.39. The smallest absolute Gasteiger partial charge is 0.222 e. The number of hydrogen-bond donors (Lipinski definition) is 1. The van der Waals surface area contributed by atoms with Crippen LogP contribution in [0.25, 0.3) is 0 Å². The van der Waals surface area contributed by atoms with Crippen LogP contribution in [0.4, 0.5) is 5.82 Å². The highest BCUT2D eigenvalue weighted by Crippen LogP contribution is 2.11. The van der Waals surface area contributed by atoms with Gasteiger partial charge in [0.05, 0.1) is 12.4 Å². The van der Waals surface area contributed by atoms with E-state index in [4.69, 9.17) is 11.6 Å². The Morgan fingerprint density at radius 2 is 2.21 bits per heavy atom. The molecule has 0 saturated carbocycles. The van der Waals surface area contributed by atoms with Crippen LogP contribution in [0.2, 0.25) is 5.15 Å². The zero-order valence-electron chi connectivity index (χ0n) is 10.9. The van der Waals surface area contributed by atoms with Gasteiger partial charge >= 0.3 is 0 Å². The first-order valence-corrected chi connectivity index (χ1v) is 7.13. The summed E-state index contributed by atoms with van der Waals surface area (Å²) in [6.07, 6.45) is 8.07. The summed E-state index contributed by atoms with van der Waals surface area (Å²) in [5.74, 6) is 0.967. The predicted octanol–water partition coefficient (Wildman–Crippen LogP) is 2.33. The number of likely N-dealkylation sites (tertiary alicyclic amines) is 1. The maximum atomic E-state index is 11.8. The Balaban J connectivity index is 1.70. The molecule has 2 heterocycles. The summed E-state index contributed by atoms with van der Waals surface area (Å²) >= 11 is 5.75. The summed E-state index contributed by atoms with van der Waals surface area (Å²) in [5, 5.41) is 3.54. The molecule has 104 valence electrons. The number of hydrogen-bond acceptors (Lipinski definition) is 4. The number of aromatic nitrogens is 2. The second-order valence-corrected chi connectivity index (χ2v) is 5.09. The van der Waals surface area contributed by atoms with Gasteiger partial charge in [-0.1, -0.05) is 18.0 Å². The molecule has 0 radical (unpaired) electrons. The van der Waals surface area contributed by atoms with Gasteiger partial charge in [0.2, 0.25) is 5.91 Å². The van der Waals surface area contributed by atoms with E-state index >= 15 is 0 Å². The molecule has 1 aliphatic rings. The molecule has 2 rings (SSSR count). The molecule has 1 aromatic rings. The van der Waals surface area contributed by atoms with Crippen molar-refractivity contribution < 1.29 is 4.79 Å². The Morgan fingerprint density at radius 3 is 3.05 bits per heavy atom. The Labute approximate surface area is 118 Å². The summed E-state index contributed by atoms with van der Waals surface area (Å²) in [6.45, 7) is 2.47. The van der Waals surface area contributed by atoms with Crippen molar-refractivity contribution >= 4 is 23.3 Å². The van der Waals surface area contributed by atoms with Gasteiger partial charge in [0.1, 0.15) is 11.0 Å². The minimum absolute atomic E-state index is 0.292. The van der Waals surface area contributed by atoms with E-state index < -0.39 is 0 Å². The van der Waals surface area contributed by atoms with E-state index in [-0.39, 0.29) is 0 Å². The SMILES string of the molecule is O=C1CCCCCN1CCCNc1cncc(Cl)n1. The number of rotatable bonds is 5. The van der Waals surface area contributed by atoms with Gasteiger partial charge in [-0.2, -0.15) is 0 Å². The third kappa shape index (κ3) is 4.67. The van der Waals surface area contributed by atoms with Crippen LogP contribution < -0.4 is 5.32 Å². The van der Waals surface area contributed by atoms with Gasteiger partial charge in [0.15, 0.2) is 0 Å². The lowest BCUT2D eigenvalue weighted by atomic mass is 10.2. The van der Waals surface area contributed by atoms with Crippen LogP contribution in [0.5, 0.6) is 0 Å². The van der Waals surface area contributed by atoms with Crippen molar-refractivity contribution in [1.29, 1.82) is 0 Å². The summed E-state index contributed by atoms with van der Waals surface area (Å²) in [6, 6.07) is 0. The number of nitrogens with one attached hydrogen (secondary N) is 1.